The maximum Gasteiger partial charge on any atom is 0.237 e. The third kappa shape index (κ3) is 4.07. The first-order chi connectivity index (χ1) is 6.70. The molecule has 0 bridgehead atoms. The Morgan fingerprint density at radius 1 is 1.64 bits per heavy atom. The predicted octanol–water partition coefficient (Wildman–Crippen LogP) is 0.0156. The standard InChI is InChI=1S/C10H20N2O2/c1-8(13)5-7-12-10(14)9-4-2-3-6-11-9/h8-9,11,13H,2-7H2,1H3,(H,12,14)/t8?,9-/m1/s1. The Bertz CT molecular complexity index is 177. The molecule has 3 N–H and O–H groups in total. The fraction of sp³-hybridized carbons (Fsp3) is 0.900. The molecule has 4 nitrogen and oxygen atoms in total. The normalized spacial score (nSPS) is 24.3. The van der Waals surface area contributed by atoms with Crippen molar-refractivity contribution in [2.45, 2.75) is 44.8 Å². The van der Waals surface area contributed by atoms with Gasteiger partial charge in [0.25, 0.3) is 0 Å². The molecule has 14 heavy (non-hydrogen) atoms. The molecule has 1 aliphatic rings. The van der Waals surface area contributed by atoms with Crippen LogP contribution in [-0.4, -0.2) is 36.2 Å². The predicted molar refractivity (Wildman–Crippen MR) is 54.9 cm³/mol. The summed E-state index contributed by atoms with van der Waals surface area (Å²) in [5.41, 5.74) is 0. The molecular weight excluding hydrogens is 180 g/mol. The Morgan fingerprint density at radius 2 is 2.43 bits per heavy atom. The van der Waals surface area contributed by atoms with Crippen LogP contribution in [0, 0.1) is 0 Å². The SMILES string of the molecule is CC(O)CCNC(=O)[C@H]1CCCCN1. The van der Waals surface area contributed by atoms with Crippen molar-refractivity contribution < 1.29 is 9.90 Å². The van der Waals surface area contributed by atoms with Crippen LogP contribution in [0.1, 0.15) is 32.6 Å². The highest BCUT2D eigenvalue weighted by molar-refractivity contribution is 5.81. The molecule has 1 heterocycles. The van der Waals surface area contributed by atoms with Crippen LogP contribution < -0.4 is 10.6 Å². The van der Waals surface area contributed by atoms with Crippen molar-refractivity contribution in [2.75, 3.05) is 13.1 Å². The average molecular weight is 200 g/mol. The lowest BCUT2D eigenvalue weighted by molar-refractivity contribution is -0.123. The van der Waals surface area contributed by atoms with Crippen LogP contribution >= 0.6 is 0 Å². The smallest absolute Gasteiger partial charge is 0.237 e. The Morgan fingerprint density at radius 3 is 3.00 bits per heavy atom. The molecule has 1 aliphatic heterocycles. The summed E-state index contributed by atoms with van der Waals surface area (Å²) in [6, 6.07) is -0.0160. The number of rotatable bonds is 4. The number of aliphatic hydroxyl groups excluding tert-OH is 1. The molecule has 82 valence electrons. The molecule has 0 aromatic carbocycles. The van der Waals surface area contributed by atoms with E-state index in [-0.39, 0.29) is 18.1 Å². The van der Waals surface area contributed by atoms with Crippen molar-refractivity contribution in [3.63, 3.8) is 0 Å². The maximum absolute atomic E-state index is 11.5. The van der Waals surface area contributed by atoms with Gasteiger partial charge in [0, 0.05) is 6.54 Å². The summed E-state index contributed by atoms with van der Waals surface area (Å²) in [4.78, 5) is 11.5. The molecule has 1 fully saturated rings. The van der Waals surface area contributed by atoms with Crippen LogP contribution in [0.3, 0.4) is 0 Å². The maximum atomic E-state index is 11.5. The number of hydrogen-bond donors (Lipinski definition) is 3. The molecule has 0 aliphatic carbocycles. The second-order valence-electron chi connectivity index (χ2n) is 3.93. The number of carbonyl (C=O) groups excluding carboxylic acids is 1. The number of piperidine rings is 1. The summed E-state index contributed by atoms with van der Waals surface area (Å²) in [6.45, 7) is 3.23. The molecule has 0 spiro atoms. The van der Waals surface area contributed by atoms with Gasteiger partial charge in [-0.1, -0.05) is 6.42 Å². The van der Waals surface area contributed by atoms with Gasteiger partial charge in [-0.3, -0.25) is 4.79 Å². The average Bonchev–Trinajstić information content (AvgIpc) is 2.18. The third-order valence-electron chi connectivity index (χ3n) is 2.49. The highest BCUT2D eigenvalue weighted by atomic mass is 16.3. The lowest BCUT2D eigenvalue weighted by Gasteiger charge is -2.22. The van der Waals surface area contributed by atoms with E-state index in [1.807, 2.05) is 0 Å². The largest absolute Gasteiger partial charge is 0.393 e. The lowest BCUT2D eigenvalue weighted by Crippen LogP contribution is -2.47. The molecule has 1 rings (SSSR count). The number of amides is 1. The van der Waals surface area contributed by atoms with Gasteiger partial charge in [-0.15, -0.1) is 0 Å². The van der Waals surface area contributed by atoms with Crippen molar-refractivity contribution in [1.82, 2.24) is 10.6 Å². The van der Waals surface area contributed by atoms with E-state index < -0.39 is 0 Å². The molecule has 0 aromatic heterocycles. The summed E-state index contributed by atoms with van der Waals surface area (Å²) in [7, 11) is 0. The van der Waals surface area contributed by atoms with E-state index in [2.05, 4.69) is 10.6 Å². The monoisotopic (exact) mass is 200 g/mol. The van der Waals surface area contributed by atoms with E-state index in [9.17, 15) is 4.79 Å². The number of carbonyl (C=O) groups is 1. The molecule has 0 aromatic rings. The Hall–Kier alpha value is -0.610. The Kier molecular flexibility index (Phi) is 4.90. The van der Waals surface area contributed by atoms with Gasteiger partial charge >= 0.3 is 0 Å². The molecule has 4 heteroatoms. The van der Waals surface area contributed by atoms with Crippen molar-refractivity contribution >= 4 is 5.91 Å². The topological polar surface area (TPSA) is 61.4 Å². The summed E-state index contributed by atoms with van der Waals surface area (Å²) in [6.07, 6.45) is 3.51. The zero-order chi connectivity index (χ0) is 10.4. The minimum absolute atomic E-state index is 0.0160. The fourth-order valence-electron chi connectivity index (χ4n) is 1.60. The van der Waals surface area contributed by atoms with Crippen molar-refractivity contribution in [2.24, 2.45) is 0 Å². The second kappa shape index (κ2) is 5.98. The van der Waals surface area contributed by atoms with Crippen molar-refractivity contribution in [3.05, 3.63) is 0 Å². The number of hydrogen-bond acceptors (Lipinski definition) is 3. The van der Waals surface area contributed by atoms with Crippen LogP contribution in [0.4, 0.5) is 0 Å². The van der Waals surface area contributed by atoms with Gasteiger partial charge < -0.3 is 15.7 Å². The van der Waals surface area contributed by atoms with E-state index in [0.717, 1.165) is 25.8 Å². The van der Waals surface area contributed by atoms with E-state index in [4.69, 9.17) is 5.11 Å². The van der Waals surface area contributed by atoms with E-state index in [1.165, 1.54) is 0 Å². The first-order valence-corrected chi connectivity index (χ1v) is 5.39. The van der Waals surface area contributed by atoms with Crippen molar-refractivity contribution in [1.29, 1.82) is 0 Å². The van der Waals surface area contributed by atoms with Crippen LogP contribution in [0.5, 0.6) is 0 Å². The molecular formula is C10H20N2O2. The van der Waals surface area contributed by atoms with Gasteiger partial charge in [-0.25, -0.2) is 0 Å². The lowest BCUT2D eigenvalue weighted by atomic mass is 10.0. The fourth-order valence-corrected chi connectivity index (χ4v) is 1.60. The molecule has 1 unspecified atom stereocenters. The van der Waals surface area contributed by atoms with Gasteiger partial charge in [-0.05, 0) is 32.7 Å². The Labute approximate surface area is 85.1 Å². The van der Waals surface area contributed by atoms with Gasteiger partial charge in [0.15, 0.2) is 0 Å². The summed E-state index contributed by atoms with van der Waals surface area (Å²) < 4.78 is 0. The molecule has 2 atom stereocenters. The summed E-state index contributed by atoms with van der Waals surface area (Å²) in [5.74, 6) is 0.0744. The van der Waals surface area contributed by atoms with E-state index in [0.29, 0.717) is 13.0 Å². The first kappa shape index (κ1) is 11.5. The minimum atomic E-state index is -0.338. The van der Waals surface area contributed by atoms with Gasteiger partial charge in [0.2, 0.25) is 5.91 Å². The zero-order valence-electron chi connectivity index (χ0n) is 8.75. The number of aliphatic hydroxyl groups is 1. The van der Waals surface area contributed by atoms with Gasteiger partial charge in [-0.2, -0.15) is 0 Å². The molecule has 0 radical (unpaired) electrons. The quantitative estimate of drug-likeness (QED) is 0.599. The molecule has 1 saturated heterocycles. The van der Waals surface area contributed by atoms with E-state index in [1.54, 1.807) is 6.92 Å². The Balaban J connectivity index is 2.13. The van der Waals surface area contributed by atoms with Gasteiger partial charge in [0.1, 0.15) is 0 Å². The minimum Gasteiger partial charge on any atom is -0.393 e. The van der Waals surface area contributed by atoms with Crippen LogP contribution in [0.25, 0.3) is 0 Å². The summed E-state index contributed by atoms with van der Waals surface area (Å²) >= 11 is 0. The van der Waals surface area contributed by atoms with E-state index >= 15 is 0 Å². The zero-order valence-corrected chi connectivity index (χ0v) is 8.75. The van der Waals surface area contributed by atoms with Crippen LogP contribution in [-0.2, 0) is 4.79 Å². The summed E-state index contributed by atoms with van der Waals surface area (Å²) in [5, 5.41) is 15.0. The van der Waals surface area contributed by atoms with Crippen LogP contribution in [0.15, 0.2) is 0 Å². The number of nitrogens with one attached hydrogen (secondary N) is 2. The highest BCUT2D eigenvalue weighted by Gasteiger charge is 2.19. The second-order valence-corrected chi connectivity index (χ2v) is 3.93. The van der Waals surface area contributed by atoms with Crippen LogP contribution in [0.2, 0.25) is 0 Å². The van der Waals surface area contributed by atoms with Gasteiger partial charge in [0.05, 0.1) is 12.1 Å². The first-order valence-electron chi connectivity index (χ1n) is 5.39. The third-order valence-corrected chi connectivity index (χ3v) is 2.49. The van der Waals surface area contributed by atoms with Crippen molar-refractivity contribution in [3.8, 4) is 0 Å². The highest BCUT2D eigenvalue weighted by Crippen LogP contribution is 2.06. The molecule has 1 amide bonds. The molecule has 0 saturated carbocycles.